The van der Waals surface area contributed by atoms with Crippen molar-refractivity contribution < 1.29 is 34.0 Å². The maximum Gasteiger partial charge on any atom is 0.220 e. The van der Waals surface area contributed by atoms with Gasteiger partial charge in [-0.3, -0.25) is 4.79 Å². The predicted octanol–water partition coefficient (Wildman–Crippen LogP) is 7.82. The Kier molecular flexibility index (Phi) is 24.8. The zero-order chi connectivity index (χ0) is 38.5. The zero-order valence-corrected chi connectivity index (χ0v) is 33.7. The highest BCUT2D eigenvalue weighted by Gasteiger charge is 2.28. The average Bonchev–Trinajstić information content (AvgIpc) is 3.92. The lowest BCUT2D eigenvalue weighted by atomic mass is 10.0. The van der Waals surface area contributed by atoms with Crippen LogP contribution >= 0.6 is 23.2 Å². The van der Waals surface area contributed by atoms with E-state index in [2.05, 4.69) is 22.0 Å². The van der Waals surface area contributed by atoms with Crippen molar-refractivity contribution in [3.8, 4) is 23.0 Å². The number of amides is 1. The van der Waals surface area contributed by atoms with Gasteiger partial charge in [-0.05, 0) is 93.7 Å². The molecule has 0 aromatic heterocycles. The number of nitrogens with zero attached hydrogens (tertiary/aromatic N) is 2. The number of halogens is 2. The Bertz CT molecular complexity index is 1360. The normalized spacial score (nSPS) is 18.0. The highest BCUT2D eigenvalue weighted by atomic mass is 35.5. The molecule has 4 heterocycles. The van der Waals surface area contributed by atoms with Crippen LogP contribution in [-0.4, -0.2) is 109 Å². The number of nitrogens with one attached hydrogen (secondary N) is 1. The number of benzene rings is 2. The number of aliphatic hydroxyl groups excluding tert-OH is 2. The van der Waals surface area contributed by atoms with E-state index in [1.165, 1.54) is 57.8 Å². The Morgan fingerprint density at radius 3 is 1.62 bits per heavy atom. The molecule has 0 aliphatic carbocycles. The van der Waals surface area contributed by atoms with E-state index in [1.807, 2.05) is 36.4 Å². The topological polar surface area (TPSA) is 139 Å². The molecule has 2 saturated heterocycles. The van der Waals surface area contributed by atoms with Gasteiger partial charge in [0, 0.05) is 25.6 Å². The van der Waals surface area contributed by atoms with Crippen molar-refractivity contribution in [3.63, 3.8) is 0 Å². The number of carbonyl (C=O) groups excluding carboxylic acids is 1. The number of likely N-dealkylation sites (tertiary alicyclic amines) is 2. The van der Waals surface area contributed by atoms with Crippen LogP contribution in [0.4, 0.5) is 0 Å². The Morgan fingerprint density at radius 2 is 1.12 bits per heavy atom. The minimum Gasteiger partial charge on any atom is -0.486 e. The molecule has 0 bridgehead atoms. The smallest absolute Gasteiger partial charge is 0.220 e. The Morgan fingerprint density at radius 1 is 0.696 bits per heavy atom. The number of fused-ring (bicyclic) bond motifs is 2. The number of hydrogen-bond acceptors (Lipinski definition) is 10. The van der Waals surface area contributed by atoms with Crippen molar-refractivity contribution in [1.82, 2.24) is 15.1 Å². The second-order valence-electron chi connectivity index (χ2n) is 14.5. The molecule has 5 N–H and O–H groups in total. The number of ether oxygens (including phenoxy) is 4. The standard InChI is InChI=1S/C25H40N2O4.C15H22N2O3.CH2Cl2.2CH4/c1-2-3-4-5-6-7-8-11-24(28)26-21(19-27-14-9-10-15-27)25(29)20-12-13-22-23(18-20)31-17-16-30-22;16-12(10-17-5-1-2-6-17)15(18)11-3-4-13-14(9-11)20-8-7-19-13;2-1-3;;/h12-13,18,21,25,29H,2-11,14-17,19H2,1H3,(H,26,28);3-4,9,12,15,18H,1-2,5-8,10,16H2;1H2;2*1H4/t21-,25-;12-,15-;;;/m11.../s1. The maximum absolute atomic E-state index is 12.6. The molecule has 1 amide bonds. The fraction of sp³-hybridized carbons (Fsp3) is 0.698. The minimum absolute atomic E-state index is 0. The van der Waals surface area contributed by atoms with Crippen LogP contribution < -0.4 is 30.0 Å². The summed E-state index contributed by atoms with van der Waals surface area (Å²) in [6, 6.07) is 10.5. The Hall–Kier alpha value is -2.51. The number of carbonyl (C=O) groups is 1. The molecule has 13 heteroatoms. The van der Waals surface area contributed by atoms with E-state index in [-0.39, 0.29) is 38.2 Å². The zero-order valence-electron chi connectivity index (χ0n) is 32.2. The van der Waals surface area contributed by atoms with Gasteiger partial charge in [-0.2, -0.15) is 0 Å². The largest absolute Gasteiger partial charge is 0.486 e. The molecule has 2 fully saturated rings. The number of hydrogen-bond donors (Lipinski definition) is 4. The lowest BCUT2D eigenvalue weighted by Crippen LogP contribution is -2.46. The Labute approximate surface area is 347 Å². The maximum atomic E-state index is 12.6. The first-order valence-electron chi connectivity index (χ1n) is 20.1. The quantitative estimate of drug-likeness (QED) is 0.0923. The molecular formula is C43H72Cl2N4O7. The van der Waals surface area contributed by atoms with Gasteiger partial charge in [0.25, 0.3) is 0 Å². The van der Waals surface area contributed by atoms with Crippen LogP contribution in [0.1, 0.15) is 122 Å². The van der Waals surface area contributed by atoms with Crippen LogP contribution in [0, 0.1) is 0 Å². The SMILES string of the molecule is C.C.CCCCCCCCCC(=O)N[C@H](CN1CCCC1)[C@H](O)c1ccc2c(c1)OCCO2.ClCCl.N[C@H](CN1CCCC1)[C@H](O)c1ccc2c(c1)OCCO2. The van der Waals surface area contributed by atoms with E-state index >= 15 is 0 Å². The molecule has 2 aromatic rings. The van der Waals surface area contributed by atoms with Crippen LogP contribution in [0.2, 0.25) is 0 Å². The molecule has 0 spiro atoms. The van der Waals surface area contributed by atoms with Gasteiger partial charge in [0.15, 0.2) is 23.0 Å². The number of alkyl halides is 2. The fourth-order valence-electron chi connectivity index (χ4n) is 7.32. The third-order valence-electron chi connectivity index (χ3n) is 10.3. The average molecular weight is 828 g/mol. The summed E-state index contributed by atoms with van der Waals surface area (Å²) >= 11 is 9.53. The Balaban J connectivity index is 0.000000374. The number of rotatable bonds is 17. The molecule has 4 aliphatic heterocycles. The van der Waals surface area contributed by atoms with E-state index in [1.54, 1.807) is 0 Å². The number of aliphatic hydroxyl groups is 2. The first kappa shape index (κ1) is 49.6. The van der Waals surface area contributed by atoms with Crippen LogP contribution in [0.25, 0.3) is 0 Å². The van der Waals surface area contributed by atoms with E-state index < -0.39 is 12.2 Å². The lowest BCUT2D eigenvalue weighted by Gasteiger charge is -2.29. The summed E-state index contributed by atoms with van der Waals surface area (Å²) in [6.45, 7) is 10.0. The summed E-state index contributed by atoms with van der Waals surface area (Å²) in [4.78, 5) is 17.3. The van der Waals surface area contributed by atoms with Crippen LogP contribution in [0.15, 0.2) is 36.4 Å². The van der Waals surface area contributed by atoms with E-state index in [0.29, 0.717) is 56.6 Å². The molecule has 6 rings (SSSR count). The summed E-state index contributed by atoms with van der Waals surface area (Å²) in [5.74, 6) is 2.84. The summed E-state index contributed by atoms with van der Waals surface area (Å²) in [7, 11) is 0. The molecular weight excluding hydrogens is 755 g/mol. The van der Waals surface area contributed by atoms with Crippen LogP contribution in [0.3, 0.4) is 0 Å². The molecule has 0 saturated carbocycles. The lowest BCUT2D eigenvalue weighted by molar-refractivity contribution is -0.123. The van der Waals surface area contributed by atoms with Crippen molar-refractivity contribution >= 4 is 29.1 Å². The predicted molar refractivity (Wildman–Crippen MR) is 229 cm³/mol. The fourth-order valence-corrected chi connectivity index (χ4v) is 7.32. The number of unbranched alkanes of at least 4 members (excludes halogenated alkanes) is 6. The molecule has 56 heavy (non-hydrogen) atoms. The third-order valence-corrected chi connectivity index (χ3v) is 10.3. The van der Waals surface area contributed by atoms with E-state index in [4.69, 9.17) is 47.9 Å². The van der Waals surface area contributed by atoms with Gasteiger partial charge < -0.3 is 50.0 Å². The monoisotopic (exact) mass is 826 g/mol. The van der Waals surface area contributed by atoms with Crippen LogP contribution in [-0.2, 0) is 4.79 Å². The summed E-state index contributed by atoms with van der Waals surface area (Å²) in [6.07, 6.45) is 12.2. The summed E-state index contributed by atoms with van der Waals surface area (Å²) in [5, 5.41) is 24.9. The molecule has 11 nitrogen and oxygen atoms in total. The second kappa shape index (κ2) is 28.0. The van der Waals surface area contributed by atoms with Gasteiger partial charge in [-0.1, -0.05) is 72.4 Å². The van der Waals surface area contributed by atoms with E-state index in [0.717, 1.165) is 62.4 Å². The van der Waals surface area contributed by atoms with Gasteiger partial charge in [-0.25, -0.2) is 0 Å². The van der Waals surface area contributed by atoms with Gasteiger partial charge in [0.1, 0.15) is 32.5 Å². The molecule has 4 atom stereocenters. The van der Waals surface area contributed by atoms with Crippen molar-refractivity contribution in [1.29, 1.82) is 0 Å². The van der Waals surface area contributed by atoms with Gasteiger partial charge >= 0.3 is 0 Å². The molecule has 0 unspecified atom stereocenters. The van der Waals surface area contributed by atoms with Crippen molar-refractivity contribution in [2.45, 2.75) is 123 Å². The molecule has 0 radical (unpaired) electrons. The first-order chi connectivity index (χ1) is 26.3. The van der Waals surface area contributed by atoms with Crippen molar-refractivity contribution in [3.05, 3.63) is 47.5 Å². The van der Waals surface area contributed by atoms with Gasteiger partial charge in [0.2, 0.25) is 5.91 Å². The molecule has 4 aliphatic rings. The summed E-state index contributed by atoms with van der Waals surface area (Å²) < 4.78 is 22.3. The highest BCUT2D eigenvalue weighted by molar-refractivity contribution is 6.40. The number of nitrogens with two attached hydrogens (primary N) is 1. The summed E-state index contributed by atoms with van der Waals surface area (Å²) in [5.41, 5.74) is 7.69. The van der Waals surface area contributed by atoms with Crippen molar-refractivity contribution in [2.24, 2.45) is 5.73 Å². The first-order valence-corrected chi connectivity index (χ1v) is 21.2. The van der Waals surface area contributed by atoms with Crippen molar-refractivity contribution in [2.75, 3.05) is 71.0 Å². The third kappa shape index (κ3) is 16.8. The van der Waals surface area contributed by atoms with Gasteiger partial charge in [-0.15, -0.1) is 23.2 Å². The highest BCUT2D eigenvalue weighted by Crippen LogP contribution is 2.35. The van der Waals surface area contributed by atoms with Crippen LogP contribution in [0.5, 0.6) is 23.0 Å². The van der Waals surface area contributed by atoms with E-state index in [9.17, 15) is 15.0 Å². The van der Waals surface area contributed by atoms with Gasteiger partial charge in [0.05, 0.1) is 17.5 Å². The minimum atomic E-state index is -0.783. The molecule has 2 aromatic carbocycles. The second-order valence-corrected chi connectivity index (χ2v) is 15.3. The molecule has 320 valence electrons.